The Bertz CT molecular complexity index is 2430. The van der Waals surface area contributed by atoms with Gasteiger partial charge in [0.05, 0.1) is 22.1 Å². The lowest BCUT2D eigenvalue weighted by atomic mass is 9.95. The molecule has 0 spiro atoms. The Kier molecular flexibility index (Phi) is 4.93. The third-order valence-corrected chi connectivity index (χ3v) is 8.67. The molecule has 42 heavy (non-hydrogen) atoms. The number of hydrogen-bond acceptors (Lipinski definition) is 0. The lowest BCUT2D eigenvalue weighted by molar-refractivity contribution is 1.17. The fourth-order valence-electron chi connectivity index (χ4n) is 6.89. The molecule has 2 aromatic heterocycles. The van der Waals surface area contributed by atoms with Crippen LogP contribution in [0.2, 0.25) is 0 Å². The molecule has 0 aliphatic heterocycles. The predicted molar refractivity (Wildman–Crippen MR) is 178 cm³/mol. The SMILES string of the molecule is c1ccc(-c2cc3c4cc5c6ccccc6n(-c6ccccc6)c5cc4n(-c4ccccc4)c3c3ccccc23)cc1. The van der Waals surface area contributed by atoms with Gasteiger partial charge in [-0.15, -0.1) is 0 Å². The fraction of sp³-hybridized carbons (Fsp3) is 0. The zero-order valence-electron chi connectivity index (χ0n) is 22.9. The highest BCUT2D eigenvalue weighted by atomic mass is 15.0. The van der Waals surface area contributed by atoms with Gasteiger partial charge in [0.1, 0.15) is 0 Å². The third-order valence-electron chi connectivity index (χ3n) is 8.67. The normalized spacial score (nSPS) is 11.8. The Labute approximate surface area is 243 Å². The molecule has 0 N–H and O–H groups in total. The predicted octanol–water partition coefficient (Wildman–Crippen LogP) is 10.7. The van der Waals surface area contributed by atoms with Crippen molar-refractivity contribution < 1.29 is 0 Å². The van der Waals surface area contributed by atoms with E-state index in [9.17, 15) is 0 Å². The molecule has 196 valence electrons. The summed E-state index contributed by atoms with van der Waals surface area (Å²) in [7, 11) is 0. The second kappa shape index (κ2) is 8.95. The van der Waals surface area contributed by atoms with Crippen LogP contribution in [0.1, 0.15) is 0 Å². The van der Waals surface area contributed by atoms with E-state index in [4.69, 9.17) is 0 Å². The summed E-state index contributed by atoms with van der Waals surface area (Å²) in [4.78, 5) is 0. The molecule has 9 rings (SSSR count). The topological polar surface area (TPSA) is 9.86 Å². The molecule has 2 heteroatoms. The summed E-state index contributed by atoms with van der Waals surface area (Å²) in [5, 5.41) is 7.59. The minimum absolute atomic E-state index is 1.16. The van der Waals surface area contributed by atoms with Crippen molar-refractivity contribution in [1.82, 2.24) is 9.13 Å². The summed E-state index contributed by atoms with van der Waals surface area (Å²) in [6, 6.07) is 57.2. The van der Waals surface area contributed by atoms with Crippen LogP contribution in [0.4, 0.5) is 0 Å². The van der Waals surface area contributed by atoms with E-state index in [-0.39, 0.29) is 0 Å². The van der Waals surface area contributed by atoms with Gasteiger partial charge in [0, 0.05) is 38.3 Å². The van der Waals surface area contributed by atoms with Gasteiger partial charge in [-0.2, -0.15) is 0 Å². The fourth-order valence-corrected chi connectivity index (χ4v) is 6.89. The lowest BCUT2D eigenvalue weighted by Gasteiger charge is -2.13. The van der Waals surface area contributed by atoms with E-state index in [0.29, 0.717) is 0 Å². The van der Waals surface area contributed by atoms with Crippen molar-refractivity contribution in [2.75, 3.05) is 0 Å². The van der Waals surface area contributed by atoms with Gasteiger partial charge in [-0.1, -0.05) is 109 Å². The third kappa shape index (κ3) is 3.27. The molecule has 7 aromatic carbocycles. The lowest BCUT2D eigenvalue weighted by Crippen LogP contribution is -1.96. The first-order chi connectivity index (χ1) is 20.9. The van der Waals surface area contributed by atoms with E-state index in [0.717, 1.165) is 5.69 Å². The Hall–Kier alpha value is -5.60. The van der Waals surface area contributed by atoms with Crippen LogP contribution in [0.3, 0.4) is 0 Å². The molecule has 9 aromatic rings. The quantitative estimate of drug-likeness (QED) is 0.213. The van der Waals surface area contributed by atoms with Crippen LogP contribution in [-0.4, -0.2) is 9.13 Å². The largest absolute Gasteiger partial charge is 0.309 e. The van der Waals surface area contributed by atoms with E-state index in [1.54, 1.807) is 0 Å². The van der Waals surface area contributed by atoms with Crippen molar-refractivity contribution in [3.63, 3.8) is 0 Å². The van der Waals surface area contributed by atoms with Crippen LogP contribution < -0.4 is 0 Å². The highest BCUT2D eigenvalue weighted by Crippen LogP contribution is 2.44. The molecule has 0 aliphatic carbocycles. The van der Waals surface area contributed by atoms with Crippen LogP contribution >= 0.6 is 0 Å². The average Bonchev–Trinajstić information content (AvgIpc) is 3.57. The minimum Gasteiger partial charge on any atom is -0.309 e. The van der Waals surface area contributed by atoms with Crippen LogP contribution in [0.25, 0.3) is 76.9 Å². The first kappa shape index (κ1) is 23.1. The van der Waals surface area contributed by atoms with Gasteiger partial charge in [-0.3, -0.25) is 0 Å². The van der Waals surface area contributed by atoms with Crippen molar-refractivity contribution in [3.8, 4) is 22.5 Å². The molecule has 0 saturated carbocycles. The van der Waals surface area contributed by atoms with Crippen molar-refractivity contribution in [2.24, 2.45) is 0 Å². The zero-order chi connectivity index (χ0) is 27.6. The number of fused-ring (bicyclic) bond motifs is 8. The Morgan fingerprint density at radius 3 is 1.55 bits per heavy atom. The number of aromatic nitrogens is 2. The van der Waals surface area contributed by atoms with Crippen LogP contribution in [0.5, 0.6) is 0 Å². The number of para-hydroxylation sites is 3. The molecular weight excluding hydrogens is 508 g/mol. The maximum Gasteiger partial charge on any atom is 0.0619 e. The first-order valence-electron chi connectivity index (χ1n) is 14.5. The molecule has 0 bridgehead atoms. The van der Waals surface area contributed by atoms with Crippen molar-refractivity contribution in [3.05, 3.63) is 158 Å². The standard InChI is InChI=1S/C40H26N2/c1-4-14-27(15-5-1)33-24-36-35-25-34-31-21-12-13-23-37(31)41(28-16-6-2-7-17-28)38(34)26-39(35)42(29-18-8-3-9-19-29)40(36)32-22-11-10-20-30(32)33/h1-26H. The highest BCUT2D eigenvalue weighted by molar-refractivity contribution is 6.25. The van der Waals surface area contributed by atoms with E-state index in [1.165, 1.54) is 71.2 Å². The van der Waals surface area contributed by atoms with Crippen LogP contribution in [0, 0.1) is 0 Å². The Morgan fingerprint density at radius 1 is 0.310 bits per heavy atom. The summed E-state index contributed by atoms with van der Waals surface area (Å²) in [6.45, 7) is 0. The summed E-state index contributed by atoms with van der Waals surface area (Å²) in [6.07, 6.45) is 0. The molecular formula is C40H26N2. The van der Waals surface area contributed by atoms with Gasteiger partial charge >= 0.3 is 0 Å². The number of rotatable bonds is 3. The first-order valence-corrected chi connectivity index (χ1v) is 14.5. The molecule has 0 radical (unpaired) electrons. The van der Waals surface area contributed by atoms with Gasteiger partial charge in [-0.05, 0) is 65.0 Å². The molecule has 2 nitrogen and oxygen atoms in total. The maximum atomic E-state index is 2.47. The van der Waals surface area contributed by atoms with E-state index >= 15 is 0 Å². The summed E-state index contributed by atoms with van der Waals surface area (Å²) >= 11 is 0. The highest BCUT2D eigenvalue weighted by Gasteiger charge is 2.21. The van der Waals surface area contributed by atoms with Crippen molar-refractivity contribution >= 4 is 54.4 Å². The number of benzene rings is 7. The maximum absolute atomic E-state index is 2.47. The zero-order valence-corrected chi connectivity index (χ0v) is 22.9. The molecule has 0 unspecified atom stereocenters. The second-order valence-electron chi connectivity index (χ2n) is 11.0. The number of hydrogen-bond donors (Lipinski definition) is 0. The average molecular weight is 535 g/mol. The van der Waals surface area contributed by atoms with Gasteiger partial charge in [0.15, 0.2) is 0 Å². The minimum atomic E-state index is 1.16. The second-order valence-corrected chi connectivity index (χ2v) is 11.0. The van der Waals surface area contributed by atoms with Gasteiger partial charge in [-0.25, -0.2) is 0 Å². The molecule has 0 atom stereocenters. The van der Waals surface area contributed by atoms with E-state index in [1.807, 2.05) is 0 Å². The molecule has 2 heterocycles. The smallest absolute Gasteiger partial charge is 0.0619 e. The van der Waals surface area contributed by atoms with E-state index < -0.39 is 0 Å². The molecule has 0 fully saturated rings. The van der Waals surface area contributed by atoms with Crippen molar-refractivity contribution in [2.45, 2.75) is 0 Å². The monoisotopic (exact) mass is 534 g/mol. The number of nitrogens with zero attached hydrogens (tertiary/aromatic N) is 2. The molecule has 0 amide bonds. The van der Waals surface area contributed by atoms with Crippen LogP contribution in [0.15, 0.2) is 158 Å². The summed E-state index contributed by atoms with van der Waals surface area (Å²) < 4.78 is 4.87. The van der Waals surface area contributed by atoms with E-state index in [2.05, 4.69) is 167 Å². The van der Waals surface area contributed by atoms with Crippen LogP contribution in [-0.2, 0) is 0 Å². The molecule has 0 aliphatic rings. The Morgan fingerprint density at radius 2 is 0.833 bits per heavy atom. The van der Waals surface area contributed by atoms with Gasteiger partial charge in [0.25, 0.3) is 0 Å². The Balaban J connectivity index is 1.52. The van der Waals surface area contributed by atoms with Gasteiger partial charge < -0.3 is 9.13 Å². The summed E-state index contributed by atoms with van der Waals surface area (Å²) in [5.41, 5.74) is 9.71. The van der Waals surface area contributed by atoms with Crippen molar-refractivity contribution in [1.29, 1.82) is 0 Å². The van der Waals surface area contributed by atoms with Gasteiger partial charge in [0.2, 0.25) is 0 Å². The summed E-state index contributed by atoms with van der Waals surface area (Å²) in [5.74, 6) is 0. The molecule has 0 saturated heterocycles.